The van der Waals surface area contributed by atoms with Gasteiger partial charge in [-0.05, 0) is 0 Å². The Labute approximate surface area is 304 Å². The van der Waals surface area contributed by atoms with Crippen LogP contribution in [0.25, 0.3) is 11.1 Å². The van der Waals surface area contributed by atoms with E-state index >= 15 is 0 Å². The average molecular weight is 691 g/mol. The van der Waals surface area contributed by atoms with Gasteiger partial charge in [0.15, 0.2) is 0 Å². The van der Waals surface area contributed by atoms with E-state index in [1.54, 1.807) is 10.6 Å². The number of hydrogen-bond donors (Lipinski definition) is 0. The van der Waals surface area contributed by atoms with Crippen LogP contribution in [0.4, 0.5) is 0 Å². The summed E-state index contributed by atoms with van der Waals surface area (Å²) in [6.45, 7) is 10.8. The van der Waals surface area contributed by atoms with Gasteiger partial charge in [-0.25, -0.2) is 0 Å². The van der Waals surface area contributed by atoms with Crippen molar-refractivity contribution in [3.05, 3.63) is 102 Å². The predicted octanol–water partition coefficient (Wildman–Crippen LogP) is 12.2. The van der Waals surface area contributed by atoms with Gasteiger partial charge in [-0.15, -0.1) is 0 Å². The monoisotopic (exact) mass is 690 g/mol. The van der Waals surface area contributed by atoms with Crippen molar-refractivity contribution >= 4 is 22.5 Å². The summed E-state index contributed by atoms with van der Waals surface area (Å²) in [5.74, 6) is 3.14. The number of hydrogen-bond acceptors (Lipinski definition) is 2. The SMILES string of the molecule is COc1ccc(OC)c(P(c2ccccc2C(C)C)(c2ccccc2C(C)C)(C2CCCCC2)C2CCCCC2)c1-c1ccccc1C(C)C. The summed E-state index contributed by atoms with van der Waals surface area (Å²) in [5.41, 5.74) is 8.01. The molecule has 0 heterocycles. The number of ether oxygens (including phenoxy) is 2. The summed E-state index contributed by atoms with van der Waals surface area (Å²) in [6, 6.07) is 33.2. The van der Waals surface area contributed by atoms with Gasteiger partial charge in [0.2, 0.25) is 0 Å². The Morgan fingerprint density at radius 2 is 0.880 bits per heavy atom. The zero-order chi connectivity index (χ0) is 35.5. The summed E-state index contributed by atoms with van der Waals surface area (Å²) in [7, 11) is 3.81. The van der Waals surface area contributed by atoms with Crippen LogP contribution in [0.15, 0.2) is 84.9 Å². The van der Waals surface area contributed by atoms with Crippen molar-refractivity contribution in [1.29, 1.82) is 0 Å². The molecule has 0 N–H and O–H groups in total. The minimum atomic E-state index is -3.56. The Morgan fingerprint density at radius 3 is 1.32 bits per heavy atom. The first-order chi connectivity index (χ1) is 24.2. The zero-order valence-corrected chi connectivity index (χ0v) is 33.2. The Morgan fingerprint density at radius 1 is 0.480 bits per heavy atom. The third-order valence-corrected chi connectivity index (χ3v) is 21.1. The van der Waals surface area contributed by atoms with Gasteiger partial charge in [0, 0.05) is 0 Å². The van der Waals surface area contributed by atoms with Crippen molar-refractivity contribution in [2.24, 2.45) is 0 Å². The van der Waals surface area contributed by atoms with E-state index in [4.69, 9.17) is 9.47 Å². The van der Waals surface area contributed by atoms with Crippen molar-refractivity contribution < 1.29 is 9.47 Å². The number of benzene rings is 4. The Balaban J connectivity index is 2.04. The molecule has 2 fully saturated rings. The van der Waals surface area contributed by atoms with Crippen molar-refractivity contribution in [3.8, 4) is 22.6 Å². The van der Waals surface area contributed by atoms with Crippen LogP contribution in [0.1, 0.15) is 140 Å². The quantitative estimate of drug-likeness (QED) is 0.146. The van der Waals surface area contributed by atoms with Crippen LogP contribution in [0.5, 0.6) is 11.5 Å². The molecule has 3 heteroatoms. The van der Waals surface area contributed by atoms with E-state index in [1.165, 1.54) is 97.3 Å². The summed E-state index contributed by atoms with van der Waals surface area (Å²) in [6.07, 6.45) is 12.8. The van der Waals surface area contributed by atoms with E-state index in [0.717, 1.165) is 11.5 Å². The molecule has 2 aliphatic rings. The van der Waals surface area contributed by atoms with Crippen LogP contribution in [-0.4, -0.2) is 25.5 Å². The van der Waals surface area contributed by atoms with Gasteiger partial charge in [-0.2, -0.15) is 0 Å². The molecule has 0 radical (unpaired) electrons. The van der Waals surface area contributed by atoms with Crippen molar-refractivity contribution in [3.63, 3.8) is 0 Å². The van der Waals surface area contributed by atoms with Gasteiger partial charge in [0.05, 0.1) is 0 Å². The molecule has 2 aliphatic carbocycles. The van der Waals surface area contributed by atoms with Crippen molar-refractivity contribution in [1.82, 2.24) is 0 Å². The molecule has 2 saturated carbocycles. The molecule has 0 aliphatic heterocycles. The molecule has 4 aromatic carbocycles. The van der Waals surface area contributed by atoms with Gasteiger partial charge in [-0.3, -0.25) is 0 Å². The second-order valence-corrected chi connectivity index (χ2v) is 21.6. The first-order valence-electron chi connectivity index (χ1n) is 19.8. The van der Waals surface area contributed by atoms with E-state index in [1.807, 2.05) is 14.2 Å². The molecule has 4 aromatic rings. The van der Waals surface area contributed by atoms with Gasteiger partial charge in [-0.1, -0.05) is 0 Å². The number of rotatable bonds is 11. The van der Waals surface area contributed by atoms with Crippen molar-refractivity contribution in [2.75, 3.05) is 14.2 Å². The van der Waals surface area contributed by atoms with E-state index in [0.29, 0.717) is 29.1 Å². The minimum absolute atomic E-state index is 0.358. The molecular formula is C47H63O2P. The van der Waals surface area contributed by atoms with Gasteiger partial charge in [0.25, 0.3) is 0 Å². The summed E-state index contributed by atoms with van der Waals surface area (Å²) >= 11 is 0. The number of methoxy groups -OCH3 is 2. The Hall–Kier alpha value is -3.09. The molecule has 0 spiro atoms. The molecule has 0 unspecified atom stereocenters. The summed E-state index contributed by atoms with van der Waals surface area (Å²) in [5, 5.41) is 4.75. The van der Waals surface area contributed by atoms with E-state index in [9.17, 15) is 0 Å². The molecule has 0 aromatic heterocycles. The van der Waals surface area contributed by atoms with Crippen molar-refractivity contribution in [2.45, 2.75) is 135 Å². The Kier molecular flexibility index (Phi) is 11.2. The Bertz CT molecular complexity index is 1680. The second kappa shape index (κ2) is 15.3. The molecule has 0 bridgehead atoms. The van der Waals surface area contributed by atoms with Gasteiger partial charge >= 0.3 is 305 Å². The van der Waals surface area contributed by atoms with Gasteiger partial charge in [0.1, 0.15) is 0 Å². The molecule has 268 valence electrons. The fourth-order valence-corrected chi connectivity index (χ4v) is 21.2. The normalized spacial score (nSPS) is 17.2. The first-order valence-corrected chi connectivity index (χ1v) is 22.1. The maximum absolute atomic E-state index is 6.84. The van der Waals surface area contributed by atoms with E-state index < -0.39 is 6.60 Å². The van der Waals surface area contributed by atoms with Crippen LogP contribution in [0, 0.1) is 0 Å². The van der Waals surface area contributed by atoms with Crippen LogP contribution >= 0.6 is 6.60 Å². The van der Waals surface area contributed by atoms with E-state index in [-0.39, 0.29) is 0 Å². The summed E-state index contributed by atoms with van der Waals surface area (Å²) in [4.78, 5) is 0. The fourth-order valence-electron chi connectivity index (χ4n) is 10.7. The first kappa shape index (κ1) is 36.7. The van der Waals surface area contributed by atoms with Crippen LogP contribution in [-0.2, 0) is 0 Å². The standard InChI is InChI=1S/C47H63O2P/c1-33(2)38-25-15-16-28-41(38)46-42(48-7)31-32-43(49-8)47(46)50(36-21-11-9-12-22-36,37-23-13-10-14-24-37,44-29-19-17-26-39(44)34(3)4)45-30-20-18-27-40(45)35(5)6/h15-20,25-37H,9-14,21-24H2,1-8H3. The predicted molar refractivity (Wildman–Crippen MR) is 220 cm³/mol. The fraction of sp³-hybridized carbons (Fsp3) is 0.489. The molecule has 0 atom stereocenters. The summed E-state index contributed by atoms with van der Waals surface area (Å²) < 4.78 is 13.4. The zero-order valence-electron chi connectivity index (χ0n) is 32.3. The molecular weight excluding hydrogens is 627 g/mol. The van der Waals surface area contributed by atoms with Crippen LogP contribution in [0.3, 0.4) is 0 Å². The molecule has 6 rings (SSSR count). The molecule has 0 amide bonds. The second-order valence-electron chi connectivity index (χ2n) is 16.2. The third-order valence-electron chi connectivity index (χ3n) is 12.7. The average Bonchev–Trinajstić information content (AvgIpc) is 3.16. The van der Waals surface area contributed by atoms with Gasteiger partial charge < -0.3 is 0 Å². The van der Waals surface area contributed by atoms with Crippen LogP contribution < -0.4 is 25.4 Å². The van der Waals surface area contributed by atoms with E-state index in [2.05, 4.69) is 126 Å². The molecule has 50 heavy (non-hydrogen) atoms. The third kappa shape index (κ3) is 5.73. The molecule has 2 nitrogen and oxygen atoms in total. The molecule has 0 saturated heterocycles. The topological polar surface area (TPSA) is 18.5 Å². The maximum atomic E-state index is 6.84. The van der Waals surface area contributed by atoms with Crippen LogP contribution in [0.2, 0.25) is 0 Å².